The molecule has 2 heterocycles. The number of aromatic nitrogens is 2. The van der Waals surface area contributed by atoms with Crippen LogP contribution in [-0.4, -0.2) is 24.2 Å². The molecular weight excluding hydrogens is 422 g/mol. The van der Waals surface area contributed by atoms with E-state index in [2.05, 4.69) is 22.2 Å². The lowest BCUT2D eigenvalue weighted by molar-refractivity contribution is 0.593. The lowest BCUT2D eigenvalue weighted by Crippen LogP contribution is -2.20. The maximum atomic E-state index is 12.2. The van der Waals surface area contributed by atoms with E-state index in [9.17, 15) is 8.42 Å². The van der Waals surface area contributed by atoms with E-state index in [0.29, 0.717) is 27.8 Å². The molecule has 7 nitrogen and oxygen atoms in total. The van der Waals surface area contributed by atoms with Gasteiger partial charge in [0.15, 0.2) is 10.9 Å². The number of hydrogen-bond donors (Lipinski definition) is 2. The summed E-state index contributed by atoms with van der Waals surface area (Å²) in [7, 11) is -4.08. The van der Waals surface area contributed by atoms with Crippen LogP contribution in [0.4, 0.5) is 5.82 Å². The summed E-state index contributed by atoms with van der Waals surface area (Å²) in [5.74, 6) is 1.11. The smallest absolute Gasteiger partial charge is 0.256 e. The van der Waals surface area contributed by atoms with Crippen molar-refractivity contribution < 1.29 is 8.42 Å². The van der Waals surface area contributed by atoms with E-state index in [1.165, 1.54) is 0 Å². The van der Waals surface area contributed by atoms with Gasteiger partial charge in [0.2, 0.25) is 0 Å². The first-order chi connectivity index (χ1) is 14.3. The second kappa shape index (κ2) is 7.79. The summed E-state index contributed by atoms with van der Waals surface area (Å²) in [5, 5.41) is 8.79. The zero-order valence-electron chi connectivity index (χ0n) is 16.4. The van der Waals surface area contributed by atoms with E-state index in [1.807, 2.05) is 24.3 Å². The Morgan fingerprint density at radius 2 is 1.73 bits per heavy atom. The van der Waals surface area contributed by atoms with Crippen LogP contribution in [0.3, 0.4) is 0 Å². The van der Waals surface area contributed by atoms with E-state index >= 15 is 0 Å². The molecule has 0 aliphatic carbocycles. The molecule has 0 spiro atoms. The highest BCUT2D eigenvalue weighted by molar-refractivity contribution is 7.89. The second-order valence-electron chi connectivity index (χ2n) is 6.96. The molecule has 3 N–H and O–H groups in total. The van der Waals surface area contributed by atoms with Crippen LogP contribution in [0.2, 0.25) is 5.02 Å². The normalized spacial score (nSPS) is 15.6. The summed E-state index contributed by atoms with van der Waals surface area (Å²) < 4.78 is 24.4. The molecule has 0 fully saturated rings. The summed E-state index contributed by atoms with van der Waals surface area (Å²) in [6.07, 6.45) is 0.845. The van der Waals surface area contributed by atoms with Gasteiger partial charge in [0.25, 0.3) is 10.0 Å². The molecule has 2 aromatic carbocycles. The SMILES string of the molecule is CCC1N=C(Nc2nc(-c3ccccc3Cl)nc(S(N)(=O)=O)c2C)c2ccccc21. The van der Waals surface area contributed by atoms with Crippen LogP contribution in [0.25, 0.3) is 11.4 Å². The van der Waals surface area contributed by atoms with Gasteiger partial charge in [0, 0.05) is 16.7 Å². The van der Waals surface area contributed by atoms with Gasteiger partial charge in [-0.25, -0.2) is 23.5 Å². The average molecular weight is 442 g/mol. The van der Waals surface area contributed by atoms with Crippen molar-refractivity contribution in [3.8, 4) is 11.4 Å². The predicted molar refractivity (Wildman–Crippen MR) is 118 cm³/mol. The van der Waals surface area contributed by atoms with Gasteiger partial charge in [-0.05, 0) is 31.0 Å². The monoisotopic (exact) mass is 441 g/mol. The van der Waals surface area contributed by atoms with Crippen LogP contribution >= 0.6 is 11.6 Å². The van der Waals surface area contributed by atoms with Crippen LogP contribution < -0.4 is 10.5 Å². The molecule has 1 aliphatic rings. The fraction of sp³-hybridized carbons (Fsp3) is 0.190. The number of primary sulfonamides is 1. The number of nitrogens with one attached hydrogen (secondary N) is 1. The molecule has 4 rings (SSSR count). The van der Waals surface area contributed by atoms with Crippen molar-refractivity contribution in [3.05, 3.63) is 70.2 Å². The first-order valence-electron chi connectivity index (χ1n) is 9.40. The summed E-state index contributed by atoms with van der Waals surface area (Å²) in [4.78, 5) is 13.5. The number of aliphatic imine (C=N–C) groups is 1. The third-order valence-corrected chi connectivity index (χ3v) is 6.23. The third kappa shape index (κ3) is 3.69. The Hall–Kier alpha value is -2.81. The van der Waals surface area contributed by atoms with Gasteiger partial charge in [0.05, 0.1) is 11.1 Å². The van der Waals surface area contributed by atoms with Gasteiger partial charge in [-0.1, -0.05) is 54.9 Å². The number of sulfonamides is 1. The number of benzene rings is 2. The standard InChI is InChI=1S/C21H20ClN5O2S/c1-3-17-13-8-4-5-9-14(13)19(24-17)25-18-12(2)21(30(23,28)29)27-20(26-18)15-10-6-7-11-16(15)22/h4-11,17H,3H2,1-2H3,(H2,23,28,29)(H,24,25,26,27). The largest absolute Gasteiger partial charge is 0.324 e. The van der Waals surface area contributed by atoms with E-state index in [1.54, 1.807) is 31.2 Å². The Balaban J connectivity index is 1.86. The first kappa shape index (κ1) is 20.5. The van der Waals surface area contributed by atoms with E-state index < -0.39 is 10.0 Å². The zero-order chi connectivity index (χ0) is 21.5. The number of fused-ring (bicyclic) bond motifs is 1. The van der Waals surface area contributed by atoms with Crippen molar-refractivity contribution in [3.63, 3.8) is 0 Å². The molecule has 154 valence electrons. The molecule has 0 saturated heterocycles. The molecule has 0 saturated carbocycles. The number of nitrogens with zero attached hydrogens (tertiary/aromatic N) is 3. The summed E-state index contributed by atoms with van der Waals surface area (Å²) in [6, 6.07) is 14.9. The number of anilines is 1. The van der Waals surface area contributed by atoms with E-state index in [0.717, 1.165) is 17.5 Å². The van der Waals surface area contributed by atoms with Crippen molar-refractivity contribution in [1.29, 1.82) is 0 Å². The Labute approximate surface area is 180 Å². The number of halogens is 1. The molecule has 1 atom stereocenters. The molecule has 0 bridgehead atoms. The van der Waals surface area contributed by atoms with Gasteiger partial charge < -0.3 is 5.32 Å². The Morgan fingerprint density at radius 1 is 1.07 bits per heavy atom. The summed E-state index contributed by atoms with van der Waals surface area (Å²) in [5.41, 5.74) is 2.90. The van der Waals surface area contributed by atoms with Gasteiger partial charge in [-0.2, -0.15) is 0 Å². The Kier molecular flexibility index (Phi) is 5.31. The van der Waals surface area contributed by atoms with Crippen molar-refractivity contribution in [2.75, 3.05) is 5.32 Å². The minimum absolute atomic E-state index is 0.0339. The average Bonchev–Trinajstić information content (AvgIpc) is 3.07. The molecule has 1 aliphatic heterocycles. The highest BCUT2D eigenvalue weighted by Gasteiger charge is 2.26. The lowest BCUT2D eigenvalue weighted by atomic mass is 10.0. The minimum Gasteiger partial charge on any atom is -0.324 e. The van der Waals surface area contributed by atoms with Crippen LogP contribution in [0.5, 0.6) is 0 Å². The maximum absolute atomic E-state index is 12.2. The molecule has 1 unspecified atom stereocenters. The highest BCUT2D eigenvalue weighted by atomic mass is 35.5. The van der Waals surface area contributed by atoms with E-state index in [4.69, 9.17) is 21.7 Å². The lowest BCUT2D eigenvalue weighted by Gasteiger charge is -2.14. The van der Waals surface area contributed by atoms with Gasteiger partial charge in [0.1, 0.15) is 11.7 Å². The first-order valence-corrected chi connectivity index (χ1v) is 11.3. The minimum atomic E-state index is -4.08. The summed E-state index contributed by atoms with van der Waals surface area (Å²) in [6.45, 7) is 3.68. The van der Waals surface area contributed by atoms with Gasteiger partial charge >= 0.3 is 0 Å². The maximum Gasteiger partial charge on any atom is 0.256 e. The number of amidine groups is 1. The predicted octanol–water partition coefficient (Wildman–Crippen LogP) is 4.08. The molecule has 0 radical (unpaired) electrons. The number of nitrogens with two attached hydrogens (primary N) is 1. The molecule has 1 aromatic heterocycles. The van der Waals surface area contributed by atoms with Crippen LogP contribution in [0.1, 0.15) is 36.1 Å². The second-order valence-corrected chi connectivity index (χ2v) is 8.85. The Morgan fingerprint density at radius 3 is 2.40 bits per heavy atom. The van der Waals surface area contributed by atoms with Crippen LogP contribution in [0, 0.1) is 6.92 Å². The van der Waals surface area contributed by atoms with Crippen LogP contribution in [0.15, 0.2) is 58.5 Å². The van der Waals surface area contributed by atoms with Crippen LogP contribution in [-0.2, 0) is 10.0 Å². The Bertz CT molecular complexity index is 1270. The van der Waals surface area contributed by atoms with Crippen molar-refractivity contribution in [2.45, 2.75) is 31.3 Å². The van der Waals surface area contributed by atoms with Gasteiger partial charge in [-0.3, -0.25) is 4.99 Å². The topological polar surface area (TPSA) is 110 Å². The van der Waals surface area contributed by atoms with Gasteiger partial charge in [-0.15, -0.1) is 0 Å². The third-order valence-electron chi connectivity index (χ3n) is 4.97. The van der Waals surface area contributed by atoms with Crippen molar-refractivity contribution in [2.24, 2.45) is 10.1 Å². The number of rotatable bonds is 4. The zero-order valence-corrected chi connectivity index (χ0v) is 18.0. The van der Waals surface area contributed by atoms with E-state index in [-0.39, 0.29) is 16.9 Å². The fourth-order valence-corrected chi connectivity index (χ4v) is 4.44. The quantitative estimate of drug-likeness (QED) is 0.593. The molecule has 30 heavy (non-hydrogen) atoms. The molecule has 9 heteroatoms. The molecule has 0 amide bonds. The fourth-order valence-electron chi connectivity index (χ4n) is 3.48. The highest BCUT2D eigenvalue weighted by Crippen LogP contribution is 2.33. The number of hydrogen-bond acceptors (Lipinski definition) is 6. The summed E-state index contributed by atoms with van der Waals surface area (Å²) >= 11 is 6.29. The van der Waals surface area contributed by atoms with Crippen molar-refractivity contribution >= 4 is 33.3 Å². The molecule has 3 aromatic rings. The van der Waals surface area contributed by atoms with Crippen molar-refractivity contribution in [1.82, 2.24) is 9.97 Å². The molecular formula is C21H20ClN5O2S.